The van der Waals surface area contributed by atoms with E-state index in [1.165, 1.54) is 11.0 Å². The van der Waals surface area contributed by atoms with Gasteiger partial charge in [0.05, 0.1) is 5.92 Å². The quantitative estimate of drug-likeness (QED) is 0.849. The molecule has 0 saturated carbocycles. The van der Waals surface area contributed by atoms with E-state index < -0.39 is 11.9 Å². The summed E-state index contributed by atoms with van der Waals surface area (Å²) in [5, 5.41) is 9.28. The zero-order valence-electron chi connectivity index (χ0n) is 9.54. The highest BCUT2D eigenvalue weighted by Gasteiger charge is 2.34. The Morgan fingerprint density at radius 2 is 2.00 bits per heavy atom. The standard InChI is InChI=1S/C13H12ClNO3/c14-11-4-2-1-3-9(11)5-6-12(16)15-7-10(8-15)13(17)18/h1-6,10H,7-8H2,(H,17,18). The molecule has 18 heavy (non-hydrogen) atoms. The number of aliphatic carboxylic acids is 1. The molecule has 1 aliphatic rings. The van der Waals surface area contributed by atoms with Crippen LogP contribution in [0.3, 0.4) is 0 Å². The Morgan fingerprint density at radius 1 is 1.33 bits per heavy atom. The maximum Gasteiger partial charge on any atom is 0.310 e. The second-order valence-corrected chi connectivity index (χ2v) is 4.54. The molecule has 0 aromatic heterocycles. The van der Waals surface area contributed by atoms with Crippen LogP contribution < -0.4 is 0 Å². The van der Waals surface area contributed by atoms with E-state index in [-0.39, 0.29) is 19.0 Å². The lowest BCUT2D eigenvalue weighted by molar-refractivity contribution is -0.151. The van der Waals surface area contributed by atoms with Crippen molar-refractivity contribution in [2.24, 2.45) is 5.92 Å². The van der Waals surface area contributed by atoms with Crippen LogP contribution in [0.25, 0.3) is 6.08 Å². The third-order valence-corrected chi connectivity index (χ3v) is 3.20. The molecule has 1 N–H and O–H groups in total. The van der Waals surface area contributed by atoms with E-state index in [0.29, 0.717) is 5.02 Å². The van der Waals surface area contributed by atoms with E-state index in [0.717, 1.165) is 5.56 Å². The largest absolute Gasteiger partial charge is 0.481 e. The van der Waals surface area contributed by atoms with Gasteiger partial charge in [0.25, 0.3) is 0 Å². The summed E-state index contributed by atoms with van der Waals surface area (Å²) in [4.78, 5) is 23.8. The molecule has 1 aromatic rings. The average Bonchev–Trinajstić information content (AvgIpc) is 2.25. The summed E-state index contributed by atoms with van der Waals surface area (Å²) in [6, 6.07) is 7.20. The highest BCUT2D eigenvalue weighted by molar-refractivity contribution is 6.32. The van der Waals surface area contributed by atoms with E-state index >= 15 is 0 Å². The number of hydrogen-bond donors (Lipinski definition) is 1. The van der Waals surface area contributed by atoms with Crippen LogP contribution in [0.2, 0.25) is 5.02 Å². The Labute approximate surface area is 109 Å². The molecule has 1 amide bonds. The zero-order valence-corrected chi connectivity index (χ0v) is 10.3. The van der Waals surface area contributed by atoms with E-state index in [1.807, 2.05) is 18.2 Å². The lowest BCUT2D eigenvalue weighted by Gasteiger charge is -2.35. The molecule has 1 heterocycles. The molecule has 0 aliphatic carbocycles. The number of halogens is 1. The van der Waals surface area contributed by atoms with Crippen LogP contribution in [-0.4, -0.2) is 35.0 Å². The minimum Gasteiger partial charge on any atom is -0.481 e. The molecule has 5 heteroatoms. The molecule has 1 saturated heterocycles. The van der Waals surface area contributed by atoms with Gasteiger partial charge in [-0.05, 0) is 17.7 Å². The average molecular weight is 266 g/mol. The third-order valence-electron chi connectivity index (χ3n) is 2.85. The van der Waals surface area contributed by atoms with Crippen molar-refractivity contribution in [2.45, 2.75) is 0 Å². The number of nitrogens with zero attached hydrogens (tertiary/aromatic N) is 1. The topological polar surface area (TPSA) is 57.6 Å². The first-order chi connectivity index (χ1) is 8.58. The number of hydrogen-bond acceptors (Lipinski definition) is 2. The number of carboxylic acid groups (broad SMARTS) is 1. The number of carbonyl (C=O) groups is 2. The second-order valence-electron chi connectivity index (χ2n) is 4.13. The fourth-order valence-corrected chi connectivity index (χ4v) is 1.89. The van der Waals surface area contributed by atoms with Gasteiger partial charge in [0.15, 0.2) is 0 Å². The smallest absolute Gasteiger partial charge is 0.310 e. The van der Waals surface area contributed by atoms with E-state index in [1.54, 1.807) is 12.1 Å². The molecule has 94 valence electrons. The Kier molecular flexibility index (Phi) is 3.67. The predicted molar refractivity (Wildman–Crippen MR) is 68.2 cm³/mol. The highest BCUT2D eigenvalue weighted by atomic mass is 35.5. The lowest BCUT2D eigenvalue weighted by Crippen LogP contribution is -2.52. The molecular formula is C13H12ClNO3. The van der Waals surface area contributed by atoms with Gasteiger partial charge in [-0.25, -0.2) is 0 Å². The Morgan fingerprint density at radius 3 is 2.61 bits per heavy atom. The number of amides is 1. The van der Waals surface area contributed by atoms with Crippen molar-refractivity contribution in [3.8, 4) is 0 Å². The van der Waals surface area contributed by atoms with Gasteiger partial charge in [0.2, 0.25) is 5.91 Å². The monoisotopic (exact) mass is 265 g/mol. The van der Waals surface area contributed by atoms with Crippen molar-refractivity contribution in [3.05, 3.63) is 40.9 Å². The molecule has 2 rings (SSSR count). The van der Waals surface area contributed by atoms with Gasteiger partial charge in [-0.15, -0.1) is 0 Å². The van der Waals surface area contributed by atoms with Gasteiger partial charge in [-0.1, -0.05) is 29.8 Å². The Bertz CT molecular complexity index is 507. The molecule has 0 atom stereocenters. The van der Waals surface area contributed by atoms with Crippen LogP contribution in [0.15, 0.2) is 30.3 Å². The van der Waals surface area contributed by atoms with Crippen LogP contribution in [0.1, 0.15) is 5.56 Å². The van der Waals surface area contributed by atoms with Crippen LogP contribution in [0, 0.1) is 5.92 Å². The zero-order chi connectivity index (χ0) is 13.1. The Balaban J connectivity index is 1.93. The predicted octanol–water partition coefficient (Wildman–Crippen LogP) is 1.90. The molecule has 4 nitrogen and oxygen atoms in total. The van der Waals surface area contributed by atoms with Gasteiger partial charge in [-0.3, -0.25) is 9.59 Å². The number of carbonyl (C=O) groups excluding carboxylic acids is 1. The maximum atomic E-state index is 11.7. The number of carboxylic acids is 1. The van der Waals surface area contributed by atoms with Crippen molar-refractivity contribution in [2.75, 3.05) is 13.1 Å². The van der Waals surface area contributed by atoms with Crippen LogP contribution >= 0.6 is 11.6 Å². The molecule has 0 unspecified atom stereocenters. The number of benzene rings is 1. The van der Waals surface area contributed by atoms with Crippen LogP contribution in [0.4, 0.5) is 0 Å². The van der Waals surface area contributed by atoms with Gasteiger partial charge in [0, 0.05) is 24.2 Å². The molecular weight excluding hydrogens is 254 g/mol. The van der Waals surface area contributed by atoms with Crippen LogP contribution in [0.5, 0.6) is 0 Å². The van der Waals surface area contributed by atoms with E-state index in [9.17, 15) is 9.59 Å². The summed E-state index contributed by atoms with van der Waals surface area (Å²) in [5.74, 6) is -1.47. The highest BCUT2D eigenvalue weighted by Crippen LogP contribution is 2.18. The van der Waals surface area contributed by atoms with E-state index in [4.69, 9.17) is 16.7 Å². The second kappa shape index (κ2) is 5.23. The van der Waals surface area contributed by atoms with Gasteiger partial charge < -0.3 is 10.0 Å². The summed E-state index contributed by atoms with van der Waals surface area (Å²) in [7, 11) is 0. The summed E-state index contributed by atoms with van der Waals surface area (Å²) < 4.78 is 0. The molecule has 1 aliphatic heterocycles. The molecule has 0 bridgehead atoms. The minimum absolute atomic E-state index is 0.188. The normalized spacial score (nSPS) is 15.7. The summed E-state index contributed by atoms with van der Waals surface area (Å²) in [6.45, 7) is 0.558. The first-order valence-corrected chi connectivity index (χ1v) is 5.90. The van der Waals surface area contributed by atoms with E-state index in [2.05, 4.69) is 0 Å². The van der Waals surface area contributed by atoms with Crippen molar-refractivity contribution in [1.29, 1.82) is 0 Å². The van der Waals surface area contributed by atoms with Gasteiger partial charge in [0.1, 0.15) is 0 Å². The molecule has 1 fully saturated rings. The summed E-state index contributed by atoms with van der Waals surface area (Å²) in [5.41, 5.74) is 0.767. The maximum absolute atomic E-state index is 11.7. The first-order valence-electron chi connectivity index (χ1n) is 5.52. The molecule has 1 aromatic carbocycles. The first kappa shape index (κ1) is 12.6. The number of rotatable bonds is 3. The fourth-order valence-electron chi connectivity index (χ4n) is 1.69. The SMILES string of the molecule is O=C(O)C1CN(C(=O)C=Cc2ccccc2Cl)C1. The minimum atomic E-state index is -0.853. The molecule has 0 spiro atoms. The van der Waals surface area contributed by atoms with Gasteiger partial charge >= 0.3 is 5.97 Å². The third kappa shape index (κ3) is 2.71. The van der Waals surface area contributed by atoms with Gasteiger partial charge in [-0.2, -0.15) is 0 Å². The van der Waals surface area contributed by atoms with Crippen molar-refractivity contribution in [1.82, 2.24) is 4.90 Å². The molecule has 0 radical (unpaired) electrons. The fraction of sp³-hybridized carbons (Fsp3) is 0.231. The van der Waals surface area contributed by atoms with Crippen LogP contribution in [-0.2, 0) is 9.59 Å². The Hall–Kier alpha value is -1.81. The van der Waals surface area contributed by atoms with Crippen molar-refractivity contribution in [3.63, 3.8) is 0 Å². The van der Waals surface area contributed by atoms with Crippen molar-refractivity contribution >= 4 is 29.6 Å². The lowest BCUT2D eigenvalue weighted by atomic mass is 10.0. The summed E-state index contributed by atoms with van der Waals surface area (Å²) in [6.07, 6.45) is 3.05. The number of likely N-dealkylation sites (tertiary alicyclic amines) is 1. The van der Waals surface area contributed by atoms with Crippen molar-refractivity contribution < 1.29 is 14.7 Å². The summed E-state index contributed by atoms with van der Waals surface area (Å²) >= 11 is 5.95.